The first-order valence-corrected chi connectivity index (χ1v) is 8.45. The van der Waals surface area contributed by atoms with Crippen LogP contribution in [-0.2, 0) is 16.0 Å². The van der Waals surface area contributed by atoms with Crippen molar-refractivity contribution in [3.63, 3.8) is 0 Å². The van der Waals surface area contributed by atoms with E-state index >= 15 is 0 Å². The fourth-order valence-electron chi connectivity index (χ4n) is 3.14. The Labute approximate surface area is 146 Å². The van der Waals surface area contributed by atoms with Crippen molar-refractivity contribution in [1.82, 2.24) is 9.55 Å². The largest absolute Gasteiger partial charge is 0.454 e. The molecule has 0 N–H and O–H groups in total. The fraction of sp³-hybridized carbons (Fsp3) is 0.421. The minimum absolute atomic E-state index is 0.200. The summed E-state index contributed by atoms with van der Waals surface area (Å²) in [5.74, 6) is -0.724. The highest BCUT2D eigenvalue weighted by atomic mass is 16.5. The van der Waals surface area contributed by atoms with Gasteiger partial charge in [-0.3, -0.25) is 9.78 Å². The molecule has 132 valence electrons. The lowest BCUT2D eigenvalue weighted by atomic mass is 10.1. The van der Waals surface area contributed by atoms with Crippen LogP contribution in [0.1, 0.15) is 44.9 Å². The van der Waals surface area contributed by atoms with Gasteiger partial charge in [0, 0.05) is 42.5 Å². The Hall–Kier alpha value is -2.47. The van der Waals surface area contributed by atoms with Crippen LogP contribution >= 0.6 is 0 Å². The number of Topliss-reactive ketones (excluding diaryl/α,β-unsaturated/α-hetero) is 1. The molecule has 1 atom stereocenters. The summed E-state index contributed by atoms with van der Waals surface area (Å²) in [7, 11) is 0. The predicted octanol–water partition coefficient (Wildman–Crippen LogP) is 2.72. The topological polar surface area (TPSA) is 70.4 Å². The van der Waals surface area contributed by atoms with Crippen LogP contribution in [0.5, 0.6) is 0 Å². The summed E-state index contributed by atoms with van der Waals surface area (Å²) in [4.78, 5) is 28.3. The van der Waals surface area contributed by atoms with Gasteiger partial charge in [-0.2, -0.15) is 0 Å². The van der Waals surface area contributed by atoms with Crippen LogP contribution in [0.3, 0.4) is 0 Å². The number of aryl methyl sites for hydroxylation is 1. The zero-order chi connectivity index (χ0) is 17.8. The Morgan fingerprint density at radius 2 is 2.08 bits per heavy atom. The molecule has 0 amide bonds. The molecule has 3 rings (SSSR count). The number of hydrogen-bond donors (Lipinski definition) is 0. The van der Waals surface area contributed by atoms with Crippen molar-refractivity contribution in [3.05, 3.63) is 53.1 Å². The molecule has 0 aliphatic carbocycles. The number of ketones is 1. The summed E-state index contributed by atoms with van der Waals surface area (Å²) < 4.78 is 12.9. The molecule has 2 aromatic heterocycles. The number of aromatic nitrogens is 2. The third-order valence-corrected chi connectivity index (χ3v) is 4.53. The quantitative estimate of drug-likeness (QED) is 0.596. The third kappa shape index (κ3) is 3.96. The Morgan fingerprint density at radius 3 is 2.76 bits per heavy atom. The fourth-order valence-corrected chi connectivity index (χ4v) is 3.14. The van der Waals surface area contributed by atoms with E-state index < -0.39 is 5.97 Å². The van der Waals surface area contributed by atoms with Crippen molar-refractivity contribution >= 4 is 11.8 Å². The first-order valence-electron chi connectivity index (χ1n) is 8.45. The second-order valence-electron chi connectivity index (χ2n) is 6.27. The van der Waals surface area contributed by atoms with Gasteiger partial charge in [0.25, 0.3) is 0 Å². The average molecular weight is 342 g/mol. The van der Waals surface area contributed by atoms with Crippen molar-refractivity contribution in [2.45, 2.75) is 39.3 Å². The Balaban J connectivity index is 1.65. The van der Waals surface area contributed by atoms with Crippen molar-refractivity contribution in [1.29, 1.82) is 0 Å². The van der Waals surface area contributed by atoms with Gasteiger partial charge in [-0.05, 0) is 44.9 Å². The van der Waals surface area contributed by atoms with Gasteiger partial charge in [-0.1, -0.05) is 0 Å². The van der Waals surface area contributed by atoms with Gasteiger partial charge in [-0.25, -0.2) is 4.79 Å². The zero-order valence-electron chi connectivity index (χ0n) is 14.5. The highest BCUT2D eigenvalue weighted by Gasteiger charge is 2.21. The number of rotatable bonds is 6. The van der Waals surface area contributed by atoms with Crippen LogP contribution < -0.4 is 0 Å². The molecule has 1 saturated heterocycles. The molecule has 1 aliphatic heterocycles. The van der Waals surface area contributed by atoms with Crippen molar-refractivity contribution in [2.75, 3.05) is 13.2 Å². The van der Waals surface area contributed by atoms with Gasteiger partial charge in [0.2, 0.25) is 5.78 Å². The number of nitrogens with zero attached hydrogens (tertiary/aromatic N) is 2. The minimum atomic E-state index is -0.524. The normalized spacial score (nSPS) is 16.8. The molecule has 0 aromatic carbocycles. The van der Waals surface area contributed by atoms with E-state index in [0.717, 1.165) is 37.4 Å². The first kappa shape index (κ1) is 17.4. The molecule has 0 spiro atoms. The summed E-state index contributed by atoms with van der Waals surface area (Å²) >= 11 is 0. The number of ether oxygens (including phenoxy) is 2. The van der Waals surface area contributed by atoms with E-state index in [1.54, 1.807) is 12.1 Å². The van der Waals surface area contributed by atoms with Crippen molar-refractivity contribution in [2.24, 2.45) is 0 Å². The Bertz CT molecular complexity index is 761. The third-order valence-electron chi connectivity index (χ3n) is 4.53. The molecule has 0 saturated carbocycles. The van der Waals surface area contributed by atoms with Crippen LogP contribution in [0.2, 0.25) is 0 Å². The monoisotopic (exact) mass is 342 g/mol. The lowest BCUT2D eigenvalue weighted by Crippen LogP contribution is -2.18. The molecular formula is C19H22N2O4. The molecule has 25 heavy (non-hydrogen) atoms. The van der Waals surface area contributed by atoms with Gasteiger partial charge >= 0.3 is 5.97 Å². The van der Waals surface area contributed by atoms with E-state index in [2.05, 4.69) is 9.55 Å². The highest BCUT2D eigenvalue weighted by molar-refractivity contribution is 6.00. The van der Waals surface area contributed by atoms with E-state index in [4.69, 9.17) is 9.47 Å². The maximum atomic E-state index is 12.5. The van der Waals surface area contributed by atoms with Crippen LogP contribution in [0, 0.1) is 13.8 Å². The molecule has 1 fully saturated rings. The van der Waals surface area contributed by atoms with Gasteiger partial charge in [0.1, 0.15) is 0 Å². The van der Waals surface area contributed by atoms with Crippen LogP contribution in [0.4, 0.5) is 0 Å². The Morgan fingerprint density at radius 1 is 1.32 bits per heavy atom. The van der Waals surface area contributed by atoms with Crippen molar-refractivity contribution < 1.29 is 19.1 Å². The molecule has 6 heteroatoms. The van der Waals surface area contributed by atoms with Crippen LogP contribution in [-0.4, -0.2) is 40.6 Å². The summed E-state index contributed by atoms with van der Waals surface area (Å²) in [6.07, 6.45) is 5.36. The van der Waals surface area contributed by atoms with Gasteiger partial charge in [-0.15, -0.1) is 0 Å². The molecular weight excluding hydrogens is 320 g/mol. The molecule has 3 heterocycles. The second-order valence-corrected chi connectivity index (χ2v) is 6.27. The first-order chi connectivity index (χ1) is 12.1. The summed E-state index contributed by atoms with van der Waals surface area (Å²) in [5.41, 5.74) is 2.87. The molecule has 1 aliphatic rings. The molecule has 6 nitrogen and oxygen atoms in total. The molecule has 0 radical (unpaired) electrons. The SMILES string of the molecule is Cc1cc(C(=O)COC(=O)c2ccncc2)c(C)n1C[C@@H]1CCCO1. The number of hydrogen-bond acceptors (Lipinski definition) is 5. The molecule has 0 bridgehead atoms. The summed E-state index contributed by atoms with van der Waals surface area (Å²) in [6, 6.07) is 4.97. The Kier molecular flexibility index (Phi) is 5.28. The lowest BCUT2D eigenvalue weighted by molar-refractivity contribution is 0.0474. The zero-order valence-corrected chi connectivity index (χ0v) is 14.5. The summed E-state index contributed by atoms with van der Waals surface area (Å²) in [6.45, 7) is 5.18. The maximum Gasteiger partial charge on any atom is 0.338 e. The van der Waals surface area contributed by atoms with Crippen LogP contribution in [0.25, 0.3) is 0 Å². The standard InChI is InChI=1S/C19H22N2O4/c1-13-10-17(14(2)21(13)11-16-4-3-9-24-16)18(22)12-25-19(23)15-5-7-20-8-6-15/h5-8,10,16H,3-4,9,11-12H2,1-2H3/t16-/m0/s1. The van der Waals surface area contributed by atoms with Crippen LogP contribution in [0.15, 0.2) is 30.6 Å². The van der Waals surface area contributed by atoms with Gasteiger partial charge in [0.05, 0.1) is 11.7 Å². The van der Waals surface area contributed by atoms with E-state index in [1.807, 2.05) is 19.9 Å². The average Bonchev–Trinajstić information content (AvgIpc) is 3.24. The minimum Gasteiger partial charge on any atom is -0.454 e. The van der Waals surface area contributed by atoms with Crippen molar-refractivity contribution in [3.8, 4) is 0 Å². The predicted molar refractivity (Wildman–Crippen MR) is 91.7 cm³/mol. The maximum absolute atomic E-state index is 12.5. The number of esters is 1. The molecule has 0 unspecified atom stereocenters. The second kappa shape index (κ2) is 7.61. The van der Waals surface area contributed by atoms with E-state index in [0.29, 0.717) is 11.1 Å². The molecule has 2 aromatic rings. The van der Waals surface area contributed by atoms with E-state index in [-0.39, 0.29) is 18.5 Å². The highest BCUT2D eigenvalue weighted by Crippen LogP contribution is 2.20. The van der Waals surface area contributed by atoms with E-state index in [1.165, 1.54) is 12.4 Å². The van der Waals surface area contributed by atoms with Gasteiger partial charge < -0.3 is 14.0 Å². The van der Waals surface area contributed by atoms with E-state index in [9.17, 15) is 9.59 Å². The lowest BCUT2D eigenvalue weighted by Gasteiger charge is -2.14. The number of carbonyl (C=O) groups excluding carboxylic acids is 2. The number of pyridine rings is 1. The number of carbonyl (C=O) groups is 2. The van der Waals surface area contributed by atoms with Gasteiger partial charge in [0.15, 0.2) is 6.61 Å². The summed E-state index contributed by atoms with van der Waals surface area (Å²) in [5, 5.41) is 0. The smallest absolute Gasteiger partial charge is 0.338 e.